The molecule has 0 aliphatic rings. The summed E-state index contributed by atoms with van der Waals surface area (Å²) in [7, 11) is 0. The summed E-state index contributed by atoms with van der Waals surface area (Å²) in [6.45, 7) is 6.71. The first-order chi connectivity index (χ1) is 11.0. The molecular weight excluding hydrogens is 278 g/mol. The topological polar surface area (TPSA) is 26.0 Å². The zero-order valence-corrected chi connectivity index (χ0v) is 14.0. The molecule has 0 spiro atoms. The minimum absolute atomic E-state index is 0.0702. The third-order valence-electron chi connectivity index (χ3n) is 4.22. The zero-order chi connectivity index (χ0) is 16.4. The Labute approximate surface area is 138 Å². The maximum Gasteiger partial charge on any atom is 0.0473 e. The van der Waals surface area contributed by atoms with E-state index in [0.717, 1.165) is 27.9 Å². The number of hydrogen-bond donors (Lipinski definition) is 1. The number of benzene rings is 3. The monoisotopic (exact) mass is 301 g/mol. The van der Waals surface area contributed by atoms with Crippen LogP contribution in [-0.4, -0.2) is 0 Å². The second-order valence-electron chi connectivity index (χ2n) is 6.97. The number of nitrogens with two attached hydrogens (primary N) is 1. The largest absolute Gasteiger partial charge is 0.398 e. The molecule has 3 aromatic rings. The van der Waals surface area contributed by atoms with Gasteiger partial charge in [0.25, 0.3) is 0 Å². The van der Waals surface area contributed by atoms with Crippen LogP contribution in [0.3, 0.4) is 0 Å². The highest BCUT2D eigenvalue weighted by atomic mass is 14.6. The average molecular weight is 301 g/mol. The first-order valence-corrected chi connectivity index (χ1v) is 8.01. The molecule has 0 bridgehead atoms. The summed E-state index contributed by atoms with van der Waals surface area (Å²) in [5, 5.41) is 0. The Morgan fingerprint density at radius 3 is 1.39 bits per heavy atom. The van der Waals surface area contributed by atoms with Crippen molar-refractivity contribution in [2.45, 2.75) is 26.2 Å². The Morgan fingerprint density at radius 2 is 1.04 bits per heavy atom. The van der Waals surface area contributed by atoms with Crippen LogP contribution in [0, 0.1) is 0 Å². The van der Waals surface area contributed by atoms with E-state index < -0.39 is 0 Å². The quantitative estimate of drug-likeness (QED) is 0.586. The molecule has 3 aromatic carbocycles. The molecule has 0 radical (unpaired) electrons. The van der Waals surface area contributed by atoms with Crippen LogP contribution in [0.25, 0.3) is 22.3 Å². The minimum Gasteiger partial charge on any atom is -0.398 e. The molecule has 1 nitrogen and oxygen atoms in total. The molecule has 0 atom stereocenters. The molecule has 0 unspecified atom stereocenters. The highest BCUT2D eigenvalue weighted by Gasteiger charge is 2.19. The van der Waals surface area contributed by atoms with Crippen molar-refractivity contribution in [2.75, 3.05) is 5.73 Å². The van der Waals surface area contributed by atoms with E-state index in [2.05, 4.69) is 81.4 Å². The summed E-state index contributed by atoms with van der Waals surface area (Å²) in [6, 6.07) is 25.2. The molecule has 0 aliphatic heterocycles. The van der Waals surface area contributed by atoms with E-state index in [1.807, 2.05) is 12.1 Å². The minimum atomic E-state index is 0.0702. The van der Waals surface area contributed by atoms with Crippen LogP contribution in [-0.2, 0) is 5.41 Å². The van der Waals surface area contributed by atoms with Crippen LogP contribution in [0.4, 0.5) is 5.69 Å². The number of hydrogen-bond acceptors (Lipinski definition) is 1. The van der Waals surface area contributed by atoms with Crippen molar-refractivity contribution in [1.82, 2.24) is 0 Å². The molecule has 1 heteroatoms. The van der Waals surface area contributed by atoms with Crippen LogP contribution in [0.1, 0.15) is 26.3 Å². The van der Waals surface area contributed by atoms with Crippen LogP contribution in [0.2, 0.25) is 0 Å². The maximum absolute atomic E-state index is 6.56. The average Bonchev–Trinajstić information content (AvgIpc) is 2.55. The molecule has 0 saturated carbocycles. The SMILES string of the molecule is CC(C)(C)c1cc(-c2ccccc2)c(N)c(-c2ccccc2)c1. The van der Waals surface area contributed by atoms with Gasteiger partial charge in [0, 0.05) is 16.8 Å². The molecule has 0 amide bonds. The van der Waals surface area contributed by atoms with Crippen molar-refractivity contribution in [1.29, 1.82) is 0 Å². The number of anilines is 1. The van der Waals surface area contributed by atoms with Crippen LogP contribution in [0.15, 0.2) is 72.8 Å². The standard InChI is InChI=1S/C22H23N/c1-22(2,3)18-14-19(16-10-6-4-7-11-16)21(23)20(15-18)17-12-8-5-9-13-17/h4-15H,23H2,1-3H3. The van der Waals surface area contributed by atoms with E-state index >= 15 is 0 Å². The predicted octanol–water partition coefficient (Wildman–Crippen LogP) is 5.90. The third kappa shape index (κ3) is 3.14. The Kier molecular flexibility index (Phi) is 3.96. The normalized spacial score (nSPS) is 11.4. The van der Waals surface area contributed by atoms with E-state index in [9.17, 15) is 0 Å². The molecule has 116 valence electrons. The molecule has 2 N–H and O–H groups in total. The summed E-state index contributed by atoms with van der Waals surface area (Å²) < 4.78 is 0. The second kappa shape index (κ2) is 5.92. The van der Waals surface area contributed by atoms with Gasteiger partial charge in [-0.05, 0) is 34.2 Å². The van der Waals surface area contributed by atoms with Gasteiger partial charge in [-0.3, -0.25) is 0 Å². The van der Waals surface area contributed by atoms with Gasteiger partial charge in [0.15, 0.2) is 0 Å². The van der Waals surface area contributed by atoms with Crippen LogP contribution >= 0.6 is 0 Å². The lowest BCUT2D eigenvalue weighted by atomic mass is 9.82. The fourth-order valence-corrected chi connectivity index (χ4v) is 2.80. The van der Waals surface area contributed by atoms with Crippen molar-refractivity contribution in [2.24, 2.45) is 0 Å². The van der Waals surface area contributed by atoms with Crippen molar-refractivity contribution in [3.8, 4) is 22.3 Å². The zero-order valence-electron chi connectivity index (χ0n) is 14.0. The lowest BCUT2D eigenvalue weighted by molar-refractivity contribution is 0.591. The summed E-state index contributed by atoms with van der Waals surface area (Å²) >= 11 is 0. The van der Waals surface area contributed by atoms with E-state index in [1.165, 1.54) is 5.56 Å². The Bertz CT molecular complexity index is 736. The summed E-state index contributed by atoms with van der Waals surface area (Å²) in [5.41, 5.74) is 13.3. The Morgan fingerprint density at radius 1 is 0.652 bits per heavy atom. The van der Waals surface area contributed by atoms with Gasteiger partial charge < -0.3 is 5.73 Å². The highest BCUT2D eigenvalue weighted by molar-refractivity contribution is 5.89. The van der Waals surface area contributed by atoms with Gasteiger partial charge in [-0.25, -0.2) is 0 Å². The number of rotatable bonds is 2. The number of nitrogen functional groups attached to an aromatic ring is 1. The van der Waals surface area contributed by atoms with Crippen molar-refractivity contribution in [3.63, 3.8) is 0 Å². The van der Waals surface area contributed by atoms with Crippen LogP contribution in [0.5, 0.6) is 0 Å². The molecule has 0 aromatic heterocycles. The fraction of sp³-hybridized carbons (Fsp3) is 0.182. The molecule has 3 rings (SSSR count). The highest BCUT2D eigenvalue weighted by Crippen LogP contribution is 2.39. The smallest absolute Gasteiger partial charge is 0.0473 e. The van der Waals surface area contributed by atoms with Crippen molar-refractivity contribution < 1.29 is 0 Å². The van der Waals surface area contributed by atoms with Gasteiger partial charge in [-0.1, -0.05) is 81.4 Å². The van der Waals surface area contributed by atoms with E-state index in [4.69, 9.17) is 5.73 Å². The van der Waals surface area contributed by atoms with E-state index in [1.54, 1.807) is 0 Å². The lowest BCUT2D eigenvalue weighted by Crippen LogP contribution is -2.12. The maximum atomic E-state index is 6.56. The molecule has 0 fully saturated rings. The second-order valence-corrected chi connectivity index (χ2v) is 6.97. The first kappa shape index (κ1) is 15.4. The predicted molar refractivity (Wildman–Crippen MR) is 100 cm³/mol. The van der Waals surface area contributed by atoms with Gasteiger partial charge in [0.05, 0.1) is 0 Å². The third-order valence-corrected chi connectivity index (χ3v) is 4.22. The lowest BCUT2D eigenvalue weighted by Gasteiger charge is -2.23. The van der Waals surface area contributed by atoms with Crippen LogP contribution < -0.4 is 5.73 Å². The first-order valence-electron chi connectivity index (χ1n) is 8.01. The van der Waals surface area contributed by atoms with Crippen molar-refractivity contribution in [3.05, 3.63) is 78.4 Å². The molecule has 0 heterocycles. The molecule has 23 heavy (non-hydrogen) atoms. The summed E-state index contributed by atoms with van der Waals surface area (Å²) in [4.78, 5) is 0. The van der Waals surface area contributed by atoms with E-state index in [0.29, 0.717) is 0 Å². The van der Waals surface area contributed by atoms with Crippen molar-refractivity contribution >= 4 is 5.69 Å². The Hall–Kier alpha value is -2.54. The summed E-state index contributed by atoms with van der Waals surface area (Å²) in [6.07, 6.45) is 0. The summed E-state index contributed by atoms with van der Waals surface area (Å²) in [5.74, 6) is 0. The van der Waals surface area contributed by atoms with Gasteiger partial charge in [0.2, 0.25) is 0 Å². The fourth-order valence-electron chi connectivity index (χ4n) is 2.80. The van der Waals surface area contributed by atoms with Gasteiger partial charge >= 0.3 is 0 Å². The molecular formula is C22H23N. The van der Waals surface area contributed by atoms with E-state index in [-0.39, 0.29) is 5.41 Å². The van der Waals surface area contributed by atoms with Gasteiger partial charge in [-0.2, -0.15) is 0 Å². The van der Waals surface area contributed by atoms with Gasteiger partial charge in [-0.15, -0.1) is 0 Å². The molecule has 0 saturated heterocycles. The Balaban J connectivity index is 2.28. The van der Waals surface area contributed by atoms with Gasteiger partial charge in [0.1, 0.15) is 0 Å². The molecule has 0 aliphatic carbocycles.